The van der Waals surface area contributed by atoms with Crippen LogP contribution < -0.4 is 9.47 Å². The zero-order chi connectivity index (χ0) is 20.1. The van der Waals surface area contributed by atoms with Crippen LogP contribution in [0, 0.1) is 0 Å². The number of halogens is 1. The molecule has 0 fully saturated rings. The van der Waals surface area contributed by atoms with Crippen LogP contribution >= 0.6 is 15.9 Å². The van der Waals surface area contributed by atoms with Crippen molar-refractivity contribution >= 4 is 32.9 Å². The molecule has 3 aromatic rings. The third kappa shape index (κ3) is 4.30. The molecule has 0 spiro atoms. The Labute approximate surface area is 173 Å². The van der Waals surface area contributed by atoms with Gasteiger partial charge in [-0.25, -0.2) is 4.98 Å². The minimum absolute atomic E-state index is 0.0374. The first-order chi connectivity index (χ1) is 13.6. The van der Waals surface area contributed by atoms with Crippen LogP contribution in [0.2, 0.25) is 0 Å². The number of nitrogens with zero attached hydrogens (tertiary/aromatic N) is 2. The molecule has 1 aromatic heterocycles. The molecule has 148 valence electrons. The molecule has 2 aromatic carbocycles. The number of para-hydroxylation sites is 2. The van der Waals surface area contributed by atoms with Crippen LogP contribution in [0.3, 0.4) is 0 Å². The standard InChI is InChI=1S/C21H24BrN3O3/c1-4-25(5-2)19(26)13-28-20-15(22)11-14(12-18(20)27-6-3)21-23-16-9-7-8-10-17(16)24-21/h7-12H,4-6,13H2,1-3H3,(H,23,24). The predicted octanol–water partition coefficient (Wildman–Crippen LogP) is 4.64. The highest BCUT2D eigenvalue weighted by molar-refractivity contribution is 9.10. The van der Waals surface area contributed by atoms with E-state index in [9.17, 15) is 4.79 Å². The fourth-order valence-corrected chi connectivity index (χ4v) is 3.56. The second-order valence-corrected chi connectivity index (χ2v) is 7.03. The molecule has 1 amide bonds. The number of ether oxygens (including phenoxy) is 2. The summed E-state index contributed by atoms with van der Waals surface area (Å²) >= 11 is 3.56. The zero-order valence-corrected chi connectivity index (χ0v) is 17.9. The monoisotopic (exact) mass is 445 g/mol. The van der Waals surface area contributed by atoms with Crippen LogP contribution in [0.1, 0.15) is 20.8 Å². The first kappa shape index (κ1) is 20.2. The Morgan fingerprint density at radius 1 is 1.14 bits per heavy atom. The molecule has 0 saturated heterocycles. The predicted molar refractivity (Wildman–Crippen MR) is 114 cm³/mol. The van der Waals surface area contributed by atoms with Crippen LogP contribution in [0.25, 0.3) is 22.4 Å². The molecule has 7 heteroatoms. The number of rotatable bonds is 8. The summed E-state index contributed by atoms with van der Waals surface area (Å²) in [6.45, 7) is 7.57. The van der Waals surface area contributed by atoms with E-state index in [-0.39, 0.29) is 12.5 Å². The van der Waals surface area contributed by atoms with Crippen LogP contribution in [-0.2, 0) is 4.79 Å². The molecule has 6 nitrogen and oxygen atoms in total. The van der Waals surface area contributed by atoms with Gasteiger partial charge < -0.3 is 19.4 Å². The molecule has 0 aliphatic rings. The maximum Gasteiger partial charge on any atom is 0.260 e. The molecule has 0 aliphatic heterocycles. The molecule has 28 heavy (non-hydrogen) atoms. The van der Waals surface area contributed by atoms with Crippen LogP contribution in [0.5, 0.6) is 11.5 Å². The van der Waals surface area contributed by atoms with Gasteiger partial charge >= 0.3 is 0 Å². The van der Waals surface area contributed by atoms with Gasteiger partial charge in [0.05, 0.1) is 22.1 Å². The van der Waals surface area contributed by atoms with Crippen LogP contribution in [0.4, 0.5) is 0 Å². The van der Waals surface area contributed by atoms with Crippen molar-refractivity contribution in [3.8, 4) is 22.9 Å². The van der Waals surface area contributed by atoms with Gasteiger partial charge in [-0.3, -0.25) is 4.79 Å². The third-order valence-electron chi connectivity index (χ3n) is 4.43. The van der Waals surface area contributed by atoms with Crippen molar-refractivity contribution in [2.75, 3.05) is 26.3 Å². The molecule has 0 radical (unpaired) electrons. The van der Waals surface area contributed by atoms with Crippen molar-refractivity contribution in [2.45, 2.75) is 20.8 Å². The molecule has 3 rings (SSSR count). The number of likely N-dealkylation sites (N-methyl/N-ethyl adjacent to an activating group) is 1. The highest BCUT2D eigenvalue weighted by atomic mass is 79.9. The Bertz CT molecular complexity index is 934. The van der Waals surface area contributed by atoms with Crippen molar-refractivity contribution in [2.24, 2.45) is 0 Å². The number of nitrogens with one attached hydrogen (secondary N) is 1. The lowest BCUT2D eigenvalue weighted by molar-refractivity contribution is -0.133. The number of amides is 1. The van der Waals surface area contributed by atoms with E-state index in [1.165, 1.54) is 0 Å². The van der Waals surface area contributed by atoms with E-state index >= 15 is 0 Å². The average Bonchev–Trinajstić information content (AvgIpc) is 3.12. The van der Waals surface area contributed by atoms with Gasteiger partial charge in [0.1, 0.15) is 5.82 Å². The molecular formula is C21H24BrN3O3. The molecule has 1 N–H and O–H groups in total. The Balaban J connectivity index is 1.90. The fraction of sp³-hybridized carbons (Fsp3) is 0.333. The van der Waals surface area contributed by atoms with Gasteiger partial charge in [0.25, 0.3) is 5.91 Å². The summed E-state index contributed by atoms with van der Waals surface area (Å²) in [6.07, 6.45) is 0. The van der Waals surface area contributed by atoms with E-state index in [1.807, 2.05) is 57.2 Å². The molecule has 0 atom stereocenters. The number of hydrogen-bond donors (Lipinski definition) is 1. The van der Waals surface area contributed by atoms with Crippen molar-refractivity contribution in [1.82, 2.24) is 14.9 Å². The van der Waals surface area contributed by atoms with E-state index < -0.39 is 0 Å². The quantitative estimate of drug-likeness (QED) is 0.548. The van der Waals surface area contributed by atoms with Crippen molar-refractivity contribution in [3.05, 3.63) is 40.9 Å². The molecular weight excluding hydrogens is 422 g/mol. The third-order valence-corrected chi connectivity index (χ3v) is 5.02. The maximum atomic E-state index is 12.3. The van der Waals surface area contributed by atoms with E-state index in [1.54, 1.807) is 4.90 Å². The topological polar surface area (TPSA) is 67.5 Å². The zero-order valence-electron chi connectivity index (χ0n) is 16.3. The summed E-state index contributed by atoms with van der Waals surface area (Å²) in [5.41, 5.74) is 2.74. The Morgan fingerprint density at radius 3 is 2.57 bits per heavy atom. The summed E-state index contributed by atoms with van der Waals surface area (Å²) in [5.74, 6) is 1.77. The normalized spacial score (nSPS) is 10.9. The fourth-order valence-electron chi connectivity index (χ4n) is 3.00. The van der Waals surface area contributed by atoms with Gasteiger partial charge in [-0.1, -0.05) is 12.1 Å². The number of aromatic nitrogens is 2. The summed E-state index contributed by atoms with van der Waals surface area (Å²) in [6, 6.07) is 11.7. The summed E-state index contributed by atoms with van der Waals surface area (Å²) in [4.78, 5) is 22.0. The van der Waals surface area contributed by atoms with E-state index in [4.69, 9.17) is 9.47 Å². The largest absolute Gasteiger partial charge is 0.490 e. The SMILES string of the molecule is CCOc1cc(-c2nc3ccccc3[nH]2)cc(Br)c1OCC(=O)N(CC)CC. The first-order valence-corrected chi connectivity index (χ1v) is 10.2. The summed E-state index contributed by atoms with van der Waals surface area (Å²) < 4.78 is 12.3. The molecule has 0 saturated carbocycles. The Kier molecular flexibility index (Phi) is 6.57. The lowest BCUT2D eigenvalue weighted by atomic mass is 10.2. The molecule has 0 bridgehead atoms. The number of benzene rings is 2. The van der Waals surface area contributed by atoms with Crippen molar-refractivity contribution in [1.29, 1.82) is 0 Å². The van der Waals surface area contributed by atoms with Crippen molar-refractivity contribution < 1.29 is 14.3 Å². The lowest BCUT2D eigenvalue weighted by Gasteiger charge is -2.20. The van der Waals surface area contributed by atoms with Gasteiger partial charge in [-0.15, -0.1) is 0 Å². The van der Waals surface area contributed by atoms with Gasteiger partial charge in [0.15, 0.2) is 18.1 Å². The average molecular weight is 446 g/mol. The van der Waals surface area contributed by atoms with Gasteiger partial charge in [-0.2, -0.15) is 0 Å². The molecule has 1 heterocycles. The maximum absolute atomic E-state index is 12.3. The van der Waals surface area contributed by atoms with Gasteiger partial charge in [-0.05, 0) is 61.0 Å². The number of H-pyrrole nitrogens is 1. The van der Waals surface area contributed by atoms with Crippen LogP contribution in [0.15, 0.2) is 40.9 Å². The summed E-state index contributed by atoms with van der Waals surface area (Å²) in [5, 5.41) is 0. The molecule has 0 unspecified atom stereocenters. The number of hydrogen-bond acceptors (Lipinski definition) is 4. The highest BCUT2D eigenvalue weighted by Gasteiger charge is 2.18. The van der Waals surface area contributed by atoms with E-state index in [0.717, 1.165) is 22.4 Å². The van der Waals surface area contributed by atoms with Crippen molar-refractivity contribution in [3.63, 3.8) is 0 Å². The second kappa shape index (κ2) is 9.10. The second-order valence-electron chi connectivity index (χ2n) is 6.18. The van der Waals surface area contributed by atoms with Crippen LogP contribution in [-0.4, -0.2) is 47.1 Å². The summed E-state index contributed by atoms with van der Waals surface area (Å²) in [7, 11) is 0. The minimum atomic E-state index is -0.0549. The van der Waals surface area contributed by atoms with E-state index in [2.05, 4.69) is 25.9 Å². The number of imidazole rings is 1. The lowest BCUT2D eigenvalue weighted by Crippen LogP contribution is -2.34. The minimum Gasteiger partial charge on any atom is -0.490 e. The number of aromatic amines is 1. The Morgan fingerprint density at radius 2 is 1.89 bits per heavy atom. The highest BCUT2D eigenvalue weighted by Crippen LogP contribution is 2.39. The van der Waals surface area contributed by atoms with Gasteiger partial charge in [0.2, 0.25) is 0 Å². The smallest absolute Gasteiger partial charge is 0.260 e. The molecule has 0 aliphatic carbocycles. The number of fused-ring (bicyclic) bond motifs is 1. The number of carbonyl (C=O) groups is 1. The van der Waals surface area contributed by atoms with E-state index in [0.29, 0.717) is 35.7 Å². The van der Waals surface area contributed by atoms with Gasteiger partial charge in [0, 0.05) is 18.7 Å². The first-order valence-electron chi connectivity index (χ1n) is 9.39. The number of carbonyl (C=O) groups excluding carboxylic acids is 1. The Hall–Kier alpha value is -2.54.